The lowest BCUT2D eigenvalue weighted by Crippen LogP contribution is -2.02. The van der Waals surface area contributed by atoms with Crippen molar-refractivity contribution in [2.45, 2.75) is 96.8 Å². The van der Waals surface area contributed by atoms with Crippen molar-refractivity contribution in [3.8, 4) is 5.75 Å². The Hall–Kier alpha value is -1.38. The van der Waals surface area contributed by atoms with Gasteiger partial charge in [0.2, 0.25) is 0 Å². The van der Waals surface area contributed by atoms with Gasteiger partial charge in [0.15, 0.2) is 0 Å². The lowest BCUT2D eigenvalue weighted by Gasteiger charge is -2.08. The number of rotatable bonds is 17. The van der Waals surface area contributed by atoms with Gasteiger partial charge in [0, 0.05) is 0 Å². The van der Waals surface area contributed by atoms with E-state index in [1.807, 2.05) is 0 Å². The molecule has 3 heteroatoms. The molecule has 0 N–H and O–H groups in total. The van der Waals surface area contributed by atoms with Gasteiger partial charge in [0.25, 0.3) is 0 Å². The molecule has 0 unspecified atom stereocenters. The normalized spacial score (nSPS) is 10.8. The molecule has 0 bridgehead atoms. The fraction of sp³-hybridized carbons (Fsp3) is 0.696. The molecule has 148 valence electrons. The molecule has 0 aliphatic carbocycles. The molecule has 0 fully saturated rings. The summed E-state index contributed by atoms with van der Waals surface area (Å²) in [6, 6.07) is 5.08. The Bertz CT molecular complexity index is 473. The quantitative estimate of drug-likeness (QED) is 0.209. The lowest BCUT2D eigenvalue weighted by molar-refractivity contribution is 0.0831. The second-order valence-corrected chi connectivity index (χ2v) is 7.21. The van der Waals surface area contributed by atoms with Crippen LogP contribution in [-0.4, -0.2) is 12.6 Å². The molecule has 2 nitrogen and oxygen atoms in total. The third-order valence-corrected chi connectivity index (χ3v) is 4.85. The Morgan fingerprint density at radius 1 is 0.769 bits per heavy atom. The van der Waals surface area contributed by atoms with Crippen LogP contribution in [0.15, 0.2) is 24.3 Å². The van der Waals surface area contributed by atoms with Gasteiger partial charge in [-0.1, -0.05) is 103 Å². The predicted molar refractivity (Wildman–Crippen MR) is 108 cm³/mol. The Labute approximate surface area is 159 Å². The molecule has 26 heavy (non-hydrogen) atoms. The van der Waals surface area contributed by atoms with E-state index in [0.717, 1.165) is 12.8 Å². The standard InChI is InChI=1S/C23H37FO2/c1-2-3-4-5-6-7-8-9-10-11-12-13-14-17-20-26-22-19-16-15-18-21(22)23(24)25/h15-16,18-19H,2-14,17,20H2,1H3. The van der Waals surface area contributed by atoms with Crippen LogP contribution < -0.4 is 4.74 Å². The fourth-order valence-electron chi connectivity index (χ4n) is 3.23. The number of carbonyl (C=O) groups excluding carboxylic acids is 1. The molecule has 0 atom stereocenters. The first kappa shape index (κ1) is 22.7. The highest BCUT2D eigenvalue weighted by Gasteiger charge is 2.10. The summed E-state index contributed by atoms with van der Waals surface area (Å²) in [6.45, 7) is 2.81. The van der Waals surface area contributed by atoms with E-state index in [2.05, 4.69) is 6.92 Å². The monoisotopic (exact) mass is 364 g/mol. The van der Waals surface area contributed by atoms with Gasteiger partial charge in [-0.2, -0.15) is 4.39 Å². The maximum absolute atomic E-state index is 12.9. The molecular weight excluding hydrogens is 327 g/mol. The molecule has 0 heterocycles. The second kappa shape index (κ2) is 15.8. The van der Waals surface area contributed by atoms with E-state index in [1.165, 1.54) is 83.1 Å². The van der Waals surface area contributed by atoms with E-state index >= 15 is 0 Å². The molecule has 0 saturated heterocycles. The van der Waals surface area contributed by atoms with Gasteiger partial charge < -0.3 is 4.74 Å². The smallest absolute Gasteiger partial charge is 0.335 e. The first-order valence-electron chi connectivity index (χ1n) is 10.7. The summed E-state index contributed by atoms with van der Waals surface area (Å²) >= 11 is 0. The number of benzene rings is 1. The van der Waals surface area contributed by atoms with Crippen LogP contribution in [0.5, 0.6) is 5.75 Å². The Kier molecular flexibility index (Phi) is 13.8. The summed E-state index contributed by atoms with van der Waals surface area (Å²) in [5, 5.41) is 0. The average Bonchev–Trinajstić information content (AvgIpc) is 2.65. The van der Waals surface area contributed by atoms with Gasteiger partial charge in [-0.15, -0.1) is 0 Å². The van der Waals surface area contributed by atoms with Crippen LogP contribution in [0.2, 0.25) is 0 Å². The summed E-state index contributed by atoms with van der Waals surface area (Å²) in [7, 11) is 0. The minimum atomic E-state index is -1.43. The van der Waals surface area contributed by atoms with Crippen LogP contribution in [0.1, 0.15) is 107 Å². The maximum Gasteiger partial charge on any atom is 0.335 e. The molecule has 1 rings (SSSR count). The summed E-state index contributed by atoms with van der Waals surface area (Å²) in [4.78, 5) is 10.9. The Morgan fingerprint density at radius 3 is 1.73 bits per heavy atom. The first-order chi connectivity index (χ1) is 12.8. The molecule has 0 spiro atoms. The molecule has 0 amide bonds. The average molecular weight is 365 g/mol. The van der Waals surface area contributed by atoms with Crippen molar-refractivity contribution in [2.24, 2.45) is 0 Å². The van der Waals surface area contributed by atoms with E-state index in [4.69, 9.17) is 4.74 Å². The Morgan fingerprint density at radius 2 is 1.23 bits per heavy atom. The highest BCUT2D eigenvalue weighted by Crippen LogP contribution is 2.19. The van der Waals surface area contributed by atoms with Crippen molar-refractivity contribution in [1.29, 1.82) is 0 Å². The number of ether oxygens (including phenoxy) is 1. The summed E-state index contributed by atoms with van der Waals surface area (Å²) < 4.78 is 18.4. The maximum atomic E-state index is 12.9. The minimum Gasteiger partial charge on any atom is -0.493 e. The van der Waals surface area contributed by atoms with E-state index < -0.39 is 6.04 Å². The molecule has 0 radical (unpaired) electrons. The van der Waals surface area contributed by atoms with Gasteiger partial charge in [-0.25, -0.2) is 0 Å². The number of halogens is 1. The molecule has 1 aromatic rings. The molecule has 0 aliphatic rings. The van der Waals surface area contributed by atoms with Crippen molar-refractivity contribution in [3.63, 3.8) is 0 Å². The van der Waals surface area contributed by atoms with E-state index in [1.54, 1.807) is 18.2 Å². The van der Waals surface area contributed by atoms with Gasteiger partial charge in [0.05, 0.1) is 12.2 Å². The van der Waals surface area contributed by atoms with Gasteiger partial charge >= 0.3 is 6.04 Å². The third-order valence-electron chi connectivity index (χ3n) is 4.85. The topological polar surface area (TPSA) is 26.3 Å². The molecular formula is C23H37FO2. The number of para-hydroxylation sites is 1. The van der Waals surface area contributed by atoms with Crippen LogP contribution in [0, 0.1) is 0 Å². The molecule has 0 aromatic heterocycles. The van der Waals surface area contributed by atoms with Crippen molar-refractivity contribution in [1.82, 2.24) is 0 Å². The fourth-order valence-corrected chi connectivity index (χ4v) is 3.23. The predicted octanol–water partition coefficient (Wildman–Crippen LogP) is 7.66. The van der Waals surface area contributed by atoms with E-state index in [9.17, 15) is 9.18 Å². The van der Waals surface area contributed by atoms with E-state index in [0.29, 0.717) is 12.4 Å². The zero-order valence-corrected chi connectivity index (χ0v) is 16.6. The summed E-state index contributed by atoms with van der Waals surface area (Å²) in [5.41, 5.74) is 0.0258. The largest absolute Gasteiger partial charge is 0.493 e. The van der Waals surface area contributed by atoms with Gasteiger partial charge in [-0.05, 0) is 18.6 Å². The van der Waals surface area contributed by atoms with Gasteiger partial charge in [0.1, 0.15) is 5.75 Å². The summed E-state index contributed by atoms with van der Waals surface area (Å²) in [6.07, 6.45) is 18.4. The molecule has 1 aromatic carbocycles. The van der Waals surface area contributed by atoms with Gasteiger partial charge in [-0.3, -0.25) is 4.79 Å². The van der Waals surface area contributed by atoms with Crippen LogP contribution in [0.4, 0.5) is 4.39 Å². The number of hydrogen-bond donors (Lipinski definition) is 0. The zero-order valence-electron chi connectivity index (χ0n) is 16.6. The van der Waals surface area contributed by atoms with E-state index in [-0.39, 0.29) is 5.56 Å². The highest BCUT2D eigenvalue weighted by atomic mass is 19.1. The molecule has 0 aliphatic heterocycles. The summed E-state index contributed by atoms with van der Waals surface area (Å²) in [5.74, 6) is 0.356. The van der Waals surface area contributed by atoms with Crippen LogP contribution in [0.25, 0.3) is 0 Å². The van der Waals surface area contributed by atoms with Crippen LogP contribution >= 0.6 is 0 Å². The number of carbonyl (C=O) groups is 1. The van der Waals surface area contributed by atoms with Crippen molar-refractivity contribution in [3.05, 3.63) is 29.8 Å². The zero-order chi connectivity index (χ0) is 18.9. The van der Waals surface area contributed by atoms with Crippen LogP contribution in [-0.2, 0) is 0 Å². The second-order valence-electron chi connectivity index (χ2n) is 7.21. The van der Waals surface area contributed by atoms with Crippen molar-refractivity contribution in [2.75, 3.05) is 6.61 Å². The minimum absolute atomic E-state index is 0.0258. The van der Waals surface area contributed by atoms with Crippen LogP contribution in [0.3, 0.4) is 0 Å². The first-order valence-corrected chi connectivity index (χ1v) is 10.7. The number of hydrogen-bond acceptors (Lipinski definition) is 2. The highest BCUT2D eigenvalue weighted by molar-refractivity contribution is 5.91. The Balaban J connectivity index is 1.88. The van der Waals surface area contributed by atoms with Crippen molar-refractivity contribution < 1.29 is 13.9 Å². The van der Waals surface area contributed by atoms with Crippen molar-refractivity contribution >= 4 is 6.04 Å². The lowest BCUT2D eigenvalue weighted by atomic mass is 10.0. The number of unbranched alkanes of at least 4 members (excludes halogenated alkanes) is 13. The third kappa shape index (κ3) is 11.3. The SMILES string of the molecule is CCCCCCCCCCCCCCCCOc1ccccc1C(=O)F. The molecule has 0 saturated carbocycles.